The van der Waals surface area contributed by atoms with Gasteiger partial charge in [-0.1, -0.05) is 166 Å². The van der Waals surface area contributed by atoms with E-state index in [-0.39, 0.29) is 5.41 Å². The van der Waals surface area contributed by atoms with Crippen LogP contribution < -0.4 is 4.90 Å². The van der Waals surface area contributed by atoms with E-state index in [4.69, 9.17) is 0 Å². The Balaban J connectivity index is 1.12. The molecule has 4 aliphatic rings. The molecular weight excluding hydrogens is 687 g/mol. The molecule has 4 aliphatic carbocycles. The van der Waals surface area contributed by atoms with Crippen LogP contribution in [0.25, 0.3) is 66.4 Å². The monoisotopic (exact) mass is 723 g/mol. The van der Waals surface area contributed by atoms with Crippen LogP contribution in [0.4, 0.5) is 17.1 Å². The summed E-state index contributed by atoms with van der Waals surface area (Å²) in [4.78, 5) is 2.51. The Labute approximate surface area is 333 Å². The fourth-order valence-corrected chi connectivity index (χ4v) is 11.5. The topological polar surface area (TPSA) is 3.24 Å². The molecule has 0 saturated carbocycles. The van der Waals surface area contributed by atoms with E-state index in [9.17, 15) is 0 Å². The highest BCUT2D eigenvalue weighted by molar-refractivity contribution is 6.21. The third-order valence-electron chi connectivity index (χ3n) is 13.8. The van der Waals surface area contributed by atoms with E-state index in [1.165, 1.54) is 111 Å². The first-order valence-corrected chi connectivity index (χ1v) is 20.2. The Hall–Kier alpha value is -6.96. The fraction of sp³-hybridized carbons (Fsp3) is 0.0714. The molecule has 1 unspecified atom stereocenters. The Morgan fingerprint density at radius 1 is 0.333 bits per heavy atom. The quantitative estimate of drug-likeness (QED) is 0.175. The molecule has 0 aromatic heterocycles. The second-order valence-corrected chi connectivity index (χ2v) is 16.7. The summed E-state index contributed by atoms with van der Waals surface area (Å²) < 4.78 is 0. The normalized spacial score (nSPS) is 16.5. The molecule has 9 aromatic carbocycles. The van der Waals surface area contributed by atoms with Crippen molar-refractivity contribution in [1.82, 2.24) is 0 Å². The van der Waals surface area contributed by atoms with Gasteiger partial charge in [0.05, 0.1) is 11.1 Å². The minimum Gasteiger partial charge on any atom is -0.310 e. The van der Waals surface area contributed by atoms with E-state index in [1.54, 1.807) is 0 Å². The zero-order valence-electron chi connectivity index (χ0n) is 31.8. The van der Waals surface area contributed by atoms with Crippen molar-refractivity contribution < 1.29 is 0 Å². The summed E-state index contributed by atoms with van der Waals surface area (Å²) in [7, 11) is 0. The van der Waals surface area contributed by atoms with Crippen LogP contribution in [0, 0.1) is 0 Å². The van der Waals surface area contributed by atoms with Crippen molar-refractivity contribution in [2.24, 2.45) is 0 Å². The summed E-state index contributed by atoms with van der Waals surface area (Å²) in [5, 5.41) is 2.72. The maximum Gasteiger partial charge on any atom is 0.0726 e. The lowest BCUT2D eigenvalue weighted by Crippen LogP contribution is -2.26. The fourth-order valence-electron chi connectivity index (χ4n) is 11.5. The Morgan fingerprint density at radius 2 is 0.895 bits per heavy atom. The summed E-state index contributed by atoms with van der Waals surface area (Å²) in [6, 6.07) is 71.1. The van der Waals surface area contributed by atoms with Crippen molar-refractivity contribution in [3.05, 3.63) is 221 Å². The van der Waals surface area contributed by atoms with Gasteiger partial charge in [-0.3, -0.25) is 0 Å². The van der Waals surface area contributed by atoms with E-state index in [1.807, 2.05) is 0 Å². The third-order valence-corrected chi connectivity index (χ3v) is 13.8. The maximum absolute atomic E-state index is 2.57. The van der Waals surface area contributed by atoms with Crippen LogP contribution in [0.2, 0.25) is 0 Å². The Kier molecular flexibility index (Phi) is 5.96. The van der Waals surface area contributed by atoms with Gasteiger partial charge in [0.2, 0.25) is 0 Å². The maximum atomic E-state index is 2.57. The van der Waals surface area contributed by atoms with Gasteiger partial charge in [0.1, 0.15) is 0 Å². The molecule has 57 heavy (non-hydrogen) atoms. The highest BCUT2D eigenvalue weighted by atomic mass is 15.1. The summed E-state index contributed by atoms with van der Waals surface area (Å²) in [5.74, 6) is 0. The number of fused-ring (bicyclic) bond motifs is 17. The van der Waals surface area contributed by atoms with Crippen LogP contribution in [0.1, 0.15) is 47.2 Å². The first kappa shape index (κ1) is 31.3. The van der Waals surface area contributed by atoms with Gasteiger partial charge in [0.25, 0.3) is 0 Å². The molecule has 266 valence electrons. The minimum atomic E-state index is -0.490. The van der Waals surface area contributed by atoms with Crippen molar-refractivity contribution >= 4 is 27.8 Å². The molecule has 0 bridgehead atoms. The number of para-hydroxylation sites is 1. The summed E-state index contributed by atoms with van der Waals surface area (Å²) in [5.41, 5.74) is 24.4. The largest absolute Gasteiger partial charge is 0.310 e. The average molecular weight is 724 g/mol. The van der Waals surface area contributed by atoms with Crippen molar-refractivity contribution in [2.75, 3.05) is 4.90 Å². The molecule has 1 nitrogen and oxygen atoms in total. The van der Waals surface area contributed by atoms with E-state index in [2.05, 4.69) is 207 Å². The smallest absolute Gasteiger partial charge is 0.0726 e. The summed E-state index contributed by atoms with van der Waals surface area (Å²) in [6.45, 7) is 4.75. The lowest BCUT2D eigenvalue weighted by molar-refractivity contribution is 0.660. The van der Waals surface area contributed by atoms with Gasteiger partial charge in [-0.2, -0.15) is 0 Å². The van der Waals surface area contributed by atoms with Crippen molar-refractivity contribution in [2.45, 2.75) is 24.7 Å². The molecule has 0 N–H and O–H groups in total. The predicted octanol–water partition coefficient (Wildman–Crippen LogP) is 14.6. The van der Waals surface area contributed by atoms with E-state index >= 15 is 0 Å². The summed E-state index contributed by atoms with van der Waals surface area (Å²) >= 11 is 0. The second-order valence-electron chi connectivity index (χ2n) is 16.7. The number of benzene rings is 9. The highest BCUT2D eigenvalue weighted by Gasteiger charge is 2.53. The van der Waals surface area contributed by atoms with Crippen LogP contribution in [-0.4, -0.2) is 0 Å². The van der Waals surface area contributed by atoms with Gasteiger partial charge in [-0.25, -0.2) is 0 Å². The Bertz CT molecular complexity index is 3220. The molecule has 0 aliphatic heterocycles. The molecule has 0 amide bonds. The van der Waals surface area contributed by atoms with Crippen molar-refractivity contribution in [3.8, 4) is 55.6 Å². The van der Waals surface area contributed by atoms with Gasteiger partial charge in [0, 0.05) is 22.4 Å². The SMILES string of the molecule is CC1(C)c2ccccc2-c2ccc(N(c3ccccc3)c3cccc4c3-c3ccccc3C43c4ccccc4-c4c3cc3c5c(cccc45)-c4ccccc4-3)cc21. The van der Waals surface area contributed by atoms with Gasteiger partial charge in [0.15, 0.2) is 0 Å². The van der Waals surface area contributed by atoms with E-state index in [0.29, 0.717) is 0 Å². The lowest BCUT2D eigenvalue weighted by Gasteiger charge is -2.32. The molecule has 9 aromatic rings. The number of nitrogens with zero attached hydrogens (tertiary/aromatic N) is 1. The molecule has 1 spiro atoms. The Morgan fingerprint density at radius 3 is 1.65 bits per heavy atom. The molecule has 1 heteroatoms. The highest BCUT2D eigenvalue weighted by Crippen LogP contribution is 2.67. The molecule has 0 radical (unpaired) electrons. The average Bonchev–Trinajstić information content (AvgIpc) is 3.93. The number of anilines is 3. The van der Waals surface area contributed by atoms with Gasteiger partial charge < -0.3 is 4.90 Å². The van der Waals surface area contributed by atoms with Crippen molar-refractivity contribution in [3.63, 3.8) is 0 Å². The first-order chi connectivity index (χ1) is 28.1. The lowest BCUT2D eigenvalue weighted by atomic mass is 9.70. The third kappa shape index (κ3) is 3.75. The van der Waals surface area contributed by atoms with Crippen LogP contribution >= 0.6 is 0 Å². The van der Waals surface area contributed by atoms with Gasteiger partial charge in [-0.15, -0.1) is 0 Å². The standard InChI is InChI=1S/C56H37N/c1-55(2)45-25-11-8-20-38(45)39-31-30-35(32-49(39)55)57(34-16-4-3-5-17-34)51-29-15-28-48-54(51)42-22-10-13-27-47(42)56(48)46-26-12-9-21-41(46)53-43-24-14-23-40-36-18-6-7-19-37(36)44(52(40)43)33-50(53)56/h3-33H,1-2H3. The zero-order valence-corrected chi connectivity index (χ0v) is 31.8. The number of hydrogen-bond acceptors (Lipinski definition) is 1. The molecule has 13 rings (SSSR count). The van der Waals surface area contributed by atoms with Crippen LogP contribution in [0.5, 0.6) is 0 Å². The molecule has 1 atom stereocenters. The number of rotatable bonds is 3. The van der Waals surface area contributed by atoms with E-state index < -0.39 is 5.41 Å². The van der Waals surface area contributed by atoms with Gasteiger partial charge in [-0.05, 0) is 131 Å². The molecule has 0 saturated heterocycles. The van der Waals surface area contributed by atoms with Crippen LogP contribution in [0.3, 0.4) is 0 Å². The van der Waals surface area contributed by atoms with Crippen molar-refractivity contribution in [1.29, 1.82) is 0 Å². The minimum absolute atomic E-state index is 0.112. The predicted molar refractivity (Wildman–Crippen MR) is 237 cm³/mol. The van der Waals surface area contributed by atoms with Gasteiger partial charge >= 0.3 is 0 Å². The molecule has 0 fully saturated rings. The second kappa shape index (κ2) is 10.9. The zero-order chi connectivity index (χ0) is 37.6. The summed E-state index contributed by atoms with van der Waals surface area (Å²) in [6.07, 6.45) is 0. The van der Waals surface area contributed by atoms with Crippen LogP contribution in [-0.2, 0) is 10.8 Å². The van der Waals surface area contributed by atoms with E-state index in [0.717, 1.165) is 5.69 Å². The van der Waals surface area contributed by atoms with Crippen LogP contribution in [0.15, 0.2) is 188 Å². The number of hydrogen-bond donors (Lipinski definition) is 0. The molecule has 0 heterocycles. The molecular formula is C56H37N. The first-order valence-electron chi connectivity index (χ1n) is 20.2.